The molecule has 1 heterocycles. The largest absolute Gasteiger partial charge is 0.493 e. The van der Waals surface area contributed by atoms with Crippen LogP contribution in [0.5, 0.6) is 11.5 Å². The van der Waals surface area contributed by atoms with Crippen molar-refractivity contribution in [3.63, 3.8) is 0 Å². The van der Waals surface area contributed by atoms with E-state index in [-0.39, 0.29) is 12.3 Å². The predicted octanol–water partition coefficient (Wildman–Crippen LogP) is 4.15. The van der Waals surface area contributed by atoms with Gasteiger partial charge in [-0.15, -0.1) is 0 Å². The van der Waals surface area contributed by atoms with Gasteiger partial charge in [-0.2, -0.15) is 5.10 Å². The number of hydrazone groups is 1. The van der Waals surface area contributed by atoms with Crippen LogP contribution in [0.15, 0.2) is 41.5 Å². The number of carbonyl (C=O) groups is 1. The average molecular weight is 427 g/mol. The van der Waals surface area contributed by atoms with E-state index in [0.717, 1.165) is 40.6 Å². The summed E-state index contributed by atoms with van der Waals surface area (Å²) < 4.78 is 12.1. The van der Waals surface area contributed by atoms with Crippen LogP contribution in [0.3, 0.4) is 0 Å². The maximum atomic E-state index is 12.2. The Morgan fingerprint density at radius 3 is 2.90 bits per heavy atom. The lowest BCUT2D eigenvalue weighted by atomic mass is 10.1. The number of amides is 1. The molecule has 0 aliphatic carbocycles. The fourth-order valence-electron chi connectivity index (χ4n) is 2.92. The zero-order chi connectivity index (χ0) is 21.3. The quantitative estimate of drug-likeness (QED) is 0.288. The number of hydrogen-bond donors (Lipinski definition) is 2. The third kappa shape index (κ3) is 5.93. The van der Waals surface area contributed by atoms with Gasteiger partial charge >= 0.3 is 0 Å². The molecule has 1 amide bonds. The normalized spacial score (nSPS) is 11.1. The number of nitrogens with two attached hydrogens (primary N) is 1. The Morgan fingerprint density at radius 1 is 1.23 bits per heavy atom. The molecule has 2 aromatic carbocycles. The lowest BCUT2D eigenvalue weighted by molar-refractivity contribution is -0.120. The molecule has 0 fully saturated rings. The maximum absolute atomic E-state index is 12.2. The highest BCUT2D eigenvalue weighted by atomic mass is 32.1. The zero-order valence-corrected chi connectivity index (χ0v) is 18.0. The number of hydrogen-bond acceptors (Lipinski definition) is 7. The minimum absolute atomic E-state index is 0.203. The van der Waals surface area contributed by atoms with Crippen molar-refractivity contribution < 1.29 is 14.3 Å². The third-order valence-corrected chi connectivity index (χ3v) is 5.28. The molecule has 0 radical (unpaired) electrons. The molecule has 0 aliphatic heterocycles. The average Bonchev–Trinajstić information content (AvgIpc) is 3.11. The minimum Gasteiger partial charge on any atom is -0.493 e. The van der Waals surface area contributed by atoms with Crippen molar-refractivity contribution in [2.24, 2.45) is 5.10 Å². The van der Waals surface area contributed by atoms with Crippen molar-refractivity contribution in [1.82, 2.24) is 10.4 Å². The molecule has 3 N–H and O–H groups in total. The number of carbonyl (C=O) groups excluding carboxylic acids is 1. The summed E-state index contributed by atoms with van der Waals surface area (Å²) in [5, 5.41) is 4.56. The number of thiazole rings is 1. The molecular formula is C22H26N4O3S. The van der Waals surface area contributed by atoms with Crippen LogP contribution < -0.4 is 20.6 Å². The van der Waals surface area contributed by atoms with Gasteiger partial charge in [-0.25, -0.2) is 10.4 Å². The summed E-state index contributed by atoms with van der Waals surface area (Å²) in [6.45, 7) is 2.82. The number of rotatable bonds is 10. The van der Waals surface area contributed by atoms with Gasteiger partial charge in [-0.3, -0.25) is 4.79 Å². The van der Waals surface area contributed by atoms with Crippen LogP contribution in [0.1, 0.15) is 37.3 Å². The lowest BCUT2D eigenvalue weighted by Crippen LogP contribution is -2.19. The molecular weight excluding hydrogens is 400 g/mol. The van der Waals surface area contributed by atoms with E-state index in [4.69, 9.17) is 15.2 Å². The molecule has 1 aromatic heterocycles. The number of fused-ring (bicyclic) bond motifs is 1. The highest BCUT2D eigenvalue weighted by Gasteiger charge is 2.07. The first-order valence-corrected chi connectivity index (χ1v) is 10.7. The molecule has 3 aromatic rings. The fraction of sp³-hybridized carbons (Fsp3) is 0.318. The zero-order valence-electron chi connectivity index (χ0n) is 17.2. The van der Waals surface area contributed by atoms with E-state index in [9.17, 15) is 4.79 Å². The van der Waals surface area contributed by atoms with E-state index in [0.29, 0.717) is 23.2 Å². The Balaban J connectivity index is 1.54. The first-order chi connectivity index (χ1) is 14.6. The molecule has 3 rings (SSSR count). The molecule has 0 saturated carbocycles. The summed E-state index contributed by atoms with van der Waals surface area (Å²) in [5.74, 6) is 1.14. The summed E-state index contributed by atoms with van der Waals surface area (Å²) in [7, 11) is 1.60. The van der Waals surface area contributed by atoms with Crippen molar-refractivity contribution >= 4 is 38.8 Å². The third-order valence-electron chi connectivity index (χ3n) is 4.43. The molecule has 0 spiro atoms. The highest BCUT2D eigenvalue weighted by Crippen LogP contribution is 2.28. The van der Waals surface area contributed by atoms with Crippen molar-refractivity contribution in [2.45, 2.75) is 32.6 Å². The Hall–Kier alpha value is -3.13. The number of anilines is 1. The number of benzene rings is 2. The van der Waals surface area contributed by atoms with Gasteiger partial charge in [0, 0.05) is 0 Å². The fourth-order valence-corrected chi connectivity index (χ4v) is 3.72. The second-order valence-corrected chi connectivity index (χ2v) is 7.85. The predicted molar refractivity (Wildman–Crippen MR) is 121 cm³/mol. The van der Waals surface area contributed by atoms with Crippen molar-refractivity contribution in [3.8, 4) is 11.5 Å². The van der Waals surface area contributed by atoms with Crippen LogP contribution in [0.4, 0.5) is 5.13 Å². The molecule has 30 heavy (non-hydrogen) atoms. The van der Waals surface area contributed by atoms with Crippen LogP contribution in [-0.2, 0) is 11.2 Å². The van der Waals surface area contributed by atoms with Gasteiger partial charge in [-0.1, -0.05) is 37.2 Å². The summed E-state index contributed by atoms with van der Waals surface area (Å²) in [6, 6.07) is 11.2. The van der Waals surface area contributed by atoms with Crippen LogP contribution in [0.2, 0.25) is 0 Å². The second-order valence-electron chi connectivity index (χ2n) is 6.79. The number of ether oxygens (including phenoxy) is 2. The Bertz CT molecular complexity index is 1030. The molecule has 158 valence electrons. The van der Waals surface area contributed by atoms with E-state index in [1.165, 1.54) is 11.3 Å². The second kappa shape index (κ2) is 10.6. The summed E-state index contributed by atoms with van der Waals surface area (Å²) in [6.07, 6.45) is 5.10. The number of methoxy groups -OCH3 is 1. The molecule has 0 aliphatic rings. The van der Waals surface area contributed by atoms with Gasteiger partial charge in [0.1, 0.15) is 0 Å². The Morgan fingerprint density at radius 2 is 2.10 bits per heavy atom. The van der Waals surface area contributed by atoms with Gasteiger partial charge in [0.25, 0.3) is 0 Å². The van der Waals surface area contributed by atoms with Gasteiger partial charge in [0.05, 0.1) is 36.6 Å². The summed E-state index contributed by atoms with van der Waals surface area (Å²) in [5.41, 5.74) is 10.8. The van der Waals surface area contributed by atoms with Crippen molar-refractivity contribution in [2.75, 3.05) is 19.5 Å². The highest BCUT2D eigenvalue weighted by molar-refractivity contribution is 7.22. The number of nitrogens with one attached hydrogen (secondary N) is 1. The Kier molecular flexibility index (Phi) is 7.62. The number of nitrogen functional groups attached to an aromatic ring is 1. The van der Waals surface area contributed by atoms with Crippen LogP contribution in [-0.4, -0.2) is 30.8 Å². The smallest absolute Gasteiger partial charge is 0.244 e. The monoisotopic (exact) mass is 426 g/mol. The molecule has 0 saturated heterocycles. The van der Waals surface area contributed by atoms with Gasteiger partial charge in [-0.05, 0) is 47.9 Å². The Labute approximate surface area is 179 Å². The molecule has 0 unspecified atom stereocenters. The molecule has 8 heteroatoms. The first-order valence-electron chi connectivity index (χ1n) is 9.86. The van der Waals surface area contributed by atoms with E-state index >= 15 is 0 Å². The van der Waals surface area contributed by atoms with E-state index in [1.54, 1.807) is 13.3 Å². The molecule has 0 atom stereocenters. The van der Waals surface area contributed by atoms with Gasteiger partial charge in [0.15, 0.2) is 16.6 Å². The van der Waals surface area contributed by atoms with Gasteiger partial charge < -0.3 is 15.2 Å². The summed E-state index contributed by atoms with van der Waals surface area (Å²) >= 11 is 1.40. The van der Waals surface area contributed by atoms with Gasteiger partial charge in [0.2, 0.25) is 5.91 Å². The lowest BCUT2D eigenvalue weighted by Gasteiger charge is -2.11. The topological polar surface area (TPSA) is 98.8 Å². The number of aromatic nitrogens is 1. The first kappa shape index (κ1) is 21.6. The number of unbranched alkanes of at least 4 members (excludes halogenated alkanes) is 2. The standard InChI is InChI=1S/C22H26N4O3S/c1-3-4-5-10-29-18-9-7-16(11-19(18)28-2)14-24-26-21(27)13-15-6-8-17-20(12-15)30-22(23)25-17/h6-9,11-12,14H,3-5,10,13H2,1-2H3,(H2,23,25)(H,26,27)/b24-14-. The minimum atomic E-state index is -0.203. The van der Waals surface area contributed by atoms with Crippen molar-refractivity contribution in [3.05, 3.63) is 47.5 Å². The van der Waals surface area contributed by atoms with Crippen LogP contribution >= 0.6 is 11.3 Å². The summed E-state index contributed by atoms with van der Waals surface area (Å²) in [4.78, 5) is 16.4. The van der Waals surface area contributed by atoms with E-state index < -0.39 is 0 Å². The number of nitrogens with zero attached hydrogens (tertiary/aromatic N) is 2. The van der Waals surface area contributed by atoms with Crippen LogP contribution in [0, 0.1) is 0 Å². The van der Waals surface area contributed by atoms with Crippen LogP contribution in [0.25, 0.3) is 10.2 Å². The maximum Gasteiger partial charge on any atom is 0.244 e. The SMILES string of the molecule is CCCCCOc1ccc(/C=N\NC(=O)Cc2ccc3nc(N)sc3c2)cc1OC. The van der Waals surface area contributed by atoms with E-state index in [1.807, 2.05) is 36.4 Å². The molecule has 0 bridgehead atoms. The van der Waals surface area contributed by atoms with E-state index in [2.05, 4.69) is 22.4 Å². The van der Waals surface area contributed by atoms with Crippen molar-refractivity contribution in [1.29, 1.82) is 0 Å². The molecule has 7 nitrogen and oxygen atoms in total.